The van der Waals surface area contributed by atoms with Crippen LogP contribution in [-0.4, -0.2) is 14.7 Å². The van der Waals surface area contributed by atoms with Gasteiger partial charge in [-0.1, -0.05) is 0 Å². The first-order chi connectivity index (χ1) is 2.47. The van der Waals surface area contributed by atoms with Crippen LogP contribution in [0.1, 0.15) is 0 Å². The van der Waals surface area contributed by atoms with Crippen molar-refractivity contribution in [2.45, 2.75) is 0 Å². The van der Waals surface area contributed by atoms with Crippen LogP contribution >= 0.6 is 7.74 Å². The molecule has 0 unspecified atom stereocenters. The first kappa shape index (κ1) is 8.61. The van der Waals surface area contributed by atoms with Gasteiger partial charge in [0.15, 0.2) is 0 Å². The summed E-state index contributed by atoms with van der Waals surface area (Å²) in [6.07, 6.45) is 0. The average Bonchev–Trinajstić information content (AvgIpc) is 1.73. The van der Waals surface area contributed by atoms with E-state index in [1.165, 1.54) is 0 Å². The molecule has 3 N–H and O–H groups in total. The Morgan fingerprint density at radius 1 is 1.00 bits per heavy atom. The normalized spacial score (nSPS) is 36.7. The molecule has 0 radical (unpaired) electrons. The van der Waals surface area contributed by atoms with Gasteiger partial charge in [-0.15, -0.1) is 0 Å². The van der Waals surface area contributed by atoms with Gasteiger partial charge in [0.25, 0.3) is 0 Å². The van der Waals surface area contributed by atoms with Gasteiger partial charge in [-0.05, 0) is 0 Å². The first-order valence-corrected chi connectivity index (χ1v) is 3.06. The summed E-state index contributed by atoms with van der Waals surface area (Å²) in [7, 11) is -4.80. The summed E-state index contributed by atoms with van der Waals surface area (Å²) >= 11 is 0. The second-order valence-corrected chi connectivity index (χ2v) is 2.95. The standard InChI is InChI=1S/Ce.H3O5P/c;1-6(2,3)4-5-6/h;1-3H. The van der Waals surface area contributed by atoms with Crippen molar-refractivity contribution in [3.05, 3.63) is 0 Å². The van der Waals surface area contributed by atoms with E-state index < -0.39 is 7.74 Å². The average molecular weight is 254 g/mol. The topological polar surface area (TPSA) is 85.8 Å². The van der Waals surface area contributed by atoms with Crippen LogP contribution in [0.3, 0.4) is 0 Å². The largest absolute Gasteiger partial charge is 0 e. The van der Waals surface area contributed by atoms with Crippen LogP contribution in [-0.2, 0) is 9.35 Å². The molecule has 1 heterocycles. The SMILES string of the molecule is OP1(O)(O)OO1.[Ce]. The minimum Gasteiger partial charge on any atom is 0 e. The van der Waals surface area contributed by atoms with Crippen molar-refractivity contribution in [3.63, 3.8) is 0 Å². The van der Waals surface area contributed by atoms with Crippen molar-refractivity contribution >= 4 is 7.74 Å². The third-order valence-electron chi connectivity index (χ3n) is 0.275. The maximum Gasteiger partial charge on any atom is 0 e. The van der Waals surface area contributed by atoms with Crippen LogP contribution in [0, 0.1) is 41.7 Å². The maximum atomic E-state index is 7.89. The fraction of sp³-hybridized carbons (Fsp3) is 0. The quantitative estimate of drug-likeness (QED) is 0.295. The van der Waals surface area contributed by atoms with Gasteiger partial charge in [0.1, 0.15) is 0 Å². The number of rotatable bonds is 0. The van der Waals surface area contributed by atoms with E-state index in [4.69, 9.17) is 14.7 Å². The summed E-state index contributed by atoms with van der Waals surface area (Å²) in [5.41, 5.74) is 0. The van der Waals surface area contributed by atoms with Gasteiger partial charge < -0.3 is 0 Å². The maximum absolute atomic E-state index is 7.89. The molecule has 0 aromatic rings. The molecule has 0 aliphatic carbocycles. The van der Waals surface area contributed by atoms with E-state index in [1.54, 1.807) is 0 Å². The van der Waals surface area contributed by atoms with Crippen LogP contribution in [0.4, 0.5) is 0 Å². The molecule has 0 aromatic carbocycles. The first-order valence-electron chi connectivity index (χ1n) is 1.13. The number of hydrogen-bond donors (Lipinski definition) is 3. The van der Waals surface area contributed by atoms with Crippen molar-refractivity contribution in [3.8, 4) is 0 Å². The third kappa shape index (κ3) is 3.23. The molecule has 1 fully saturated rings. The smallest absolute Gasteiger partial charge is 0 e. The molecular formula is H3CeO5P. The Hall–Kier alpha value is 1.61. The van der Waals surface area contributed by atoms with Crippen molar-refractivity contribution in [2.24, 2.45) is 0 Å². The van der Waals surface area contributed by atoms with E-state index >= 15 is 0 Å². The molecule has 0 bridgehead atoms. The molecule has 1 aliphatic rings. The van der Waals surface area contributed by atoms with Crippen LogP contribution in [0.25, 0.3) is 0 Å². The molecule has 7 heavy (non-hydrogen) atoms. The predicted molar refractivity (Wildman–Crippen MR) is 15.7 cm³/mol. The molecule has 1 rings (SSSR count). The van der Waals surface area contributed by atoms with Gasteiger partial charge in [0, 0.05) is 41.7 Å². The molecule has 0 atom stereocenters. The molecule has 7 heteroatoms. The van der Waals surface area contributed by atoms with Crippen molar-refractivity contribution in [2.75, 3.05) is 0 Å². The van der Waals surface area contributed by atoms with E-state index in [9.17, 15) is 0 Å². The Bertz CT molecular complexity index is 71.8. The zero-order valence-electron chi connectivity index (χ0n) is 3.11. The van der Waals surface area contributed by atoms with Crippen LogP contribution in [0.2, 0.25) is 0 Å². The fourth-order valence-electron chi connectivity index (χ4n) is 0.0447. The van der Waals surface area contributed by atoms with Gasteiger partial charge in [0.2, 0.25) is 0 Å². The molecule has 1 saturated heterocycles. The van der Waals surface area contributed by atoms with Crippen molar-refractivity contribution in [1.82, 2.24) is 0 Å². The summed E-state index contributed by atoms with van der Waals surface area (Å²) < 4.78 is 6.76. The Morgan fingerprint density at radius 3 is 1.14 bits per heavy atom. The minimum absolute atomic E-state index is 0. The number of hydrogen-bond acceptors (Lipinski definition) is 5. The summed E-state index contributed by atoms with van der Waals surface area (Å²) in [4.78, 5) is 23.7. The van der Waals surface area contributed by atoms with Crippen molar-refractivity contribution < 1.29 is 65.8 Å². The van der Waals surface area contributed by atoms with Crippen LogP contribution < -0.4 is 0 Å². The van der Waals surface area contributed by atoms with Gasteiger partial charge >= 0.3 is 31.8 Å². The monoisotopic (exact) mass is 254 g/mol. The molecule has 0 spiro atoms. The molecule has 42 valence electrons. The van der Waals surface area contributed by atoms with E-state index in [2.05, 4.69) is 9.35 Å². The van der Waals surface area contributed by atoms with Gasteiger partial charge in [-0.25, -0.2) is 0 Å². The second kappa shape index (κ2) is 1.79. The van der Waals surface area contributed by atoms with Gasteiger partial charge in [-0.3, -0.25) is 0 Å². The van der Waals surface area contributed by atoms with Gasteiger partial charge in [-0.2, -0.15) is 0 Å². The van der Waals surface area contributed by atoms with E-state index in [0.717, 1.165) is 0 Å². The predicted octanol–water partition coefficient (Wildman–Crippen LogP) is -0.947. The van der Waals surface area contributed by atoms with Crippen molar-refractivity contribution in [1.29, 1.82) is 0 Å². The minimum atomic E-state index is -4.80. The Morgan fingerprint density at radius 2 is 1.14 bits per heavy atom. The Kier molecular flexibility index (Phi) is 2.20. The molecule has 5 nitrogen and oxygen atoms in total. The van der Waals surface area contributed by atoms with Crippen LogP contribution in [0.15, 0.2) is 0 Å². The zero-order valence-corrected chi connectivity index (χ0v) is 7.14. The summed E-state index contributed by atoms with van der Waals surface area (Å²) in [6.45, 7) is 0. The molecule has 0 amide bonds. The molecular weight excluding hydrogens is 251 g/mol. The van der Waals surface area contributed by atoms with E-state index in [-0.39, 0.29) is 41.7 Å². The molecule has 0 aromatic heterocycles. The van der Waals surface area contributed by atoms with E-state index in [0.29, 0.717) is 0 Å². The van der Waals surface area contributed by atoms with Gasteiger partial charge in [0.05, 0.1) is 0 Å². The van der Waals surface area contributed by atoms with Crippen LogP contribution in [0.5, 0.6) is 0 Å². The zero-order chi connectivity index (χ0) is 4.86. The molecule has 0 saturated carbocycles. The fourth-order valence-corrected chi connectivity index (χ4v) is 0.402. The second-order valence-electron chi connectivity index (χ2n) is 0.982. The summed E-state index contributed by atoms with van der Waals surface area (Å²) in [6, 6.07) is 0. The summed E-state index contributed by atoms with van der Waals surface area (Å²) in [5.74, 6) is 0. The Labute approximate surface area is 72.9 Å². The molecule has 1 aliphatic heterocycles. The summed E-state index contributed by atoms with van der Waals surface area (Å²) in [5, 5.41) is 0. The van der Waals surface area contributed by atoms with E-state index in [1.807, 2.05) is 0 Å². The Balaban J connectivity index is 0.000000360. The third-order valence-corrected chi connectivity index (χ3v) is 0.824.